The first kappa shape index (κ1) is 20.0. The Morgan fingerprint density at radius 3 is 2.43 bits per heavy atom. The summed E-state index contributed by atoms with van der Waals surface area (Å²) in [6.07, 6.45) is 3.65. The zero-order valence-electron chi connectivity index (χ0n) is 17.1. The van der Waals surface area contributed by atoms with Crippen LogP contribution in [0.5, 0.6) is 5.75 Å². The van der Waals surface area contributed by atoms with Gasteiger partial charge in [0.15, 0.2) is 11.6 Å². The molecule has 3 aromatic rings. The molecule has 2 heterocycles. The molecule has 30 heavy (non-hydrogen) atoms. The van der Waals surface area contributed by atoms with Crippen molar-refractivity contribution in [2.75, 3.05) is 5.32 Å². The first-order chi connectivity index (χ1) is 14.2. The van der Waals surface area contributed by atoms with Crippen molar-refractivity contribution in [2.45, 2.75) is 39.2 Å². The molecular formula is C24H22F2N2O2. The lowest BCUT2D eigenvalue weighted by atomic mass is 9.90. The van der Waals surface area contributed by atoms with Crippen LogP contribution in [0.15, 0.2) is 48.8 Å². The van der Waals surface area contributed by atoms with E-state index in [1.807, 2.05) is 25.1 Å². The number of nitrogens with one attached hydrogen (secondary N) is 1. The van der Waals surface area contributed by atoms with Gasteiger partial charge >= 0.3 is 0 Å². The molecule has 0 bridgehead atoms. The molecular weight excluding hydrogens is 386 g/mol. The molecule has 1 N–H and O–H groups in total. The molecule has 2 aromatic carbocycles. The van der Waals surface area contributed by atoms with Gasteiger partial charge in [0.25, 0.3) is 5.91 Å². The third-order valence-corrected chi connectivity index (χ3v) is 5.34. The van der Waals surface area contributed by atoms with Crippen LogP contribution in [0.2, 0.25) is 0 Å². The molecule has 0 saturated heterocycles. The number of benzene rings is 2. The number of amides is 1. The highest BCUT2D eigenvalue weighted by Gasteiger charge is 2.27. The van der Waals surface area contributed by atoms with E-state index in [0.29, 0.717) is 5.56 Å². The van der Waals surface area contributed by atoms with Crippen molar-refractivity contribution >= 4 is 11.6 Å². The Kier molecular flexibility index (Phi) is 5.02. The zero-order valence-corrected chi connectivity index (χ0v) is 17.1. The van der Waals surface area contributed by atoms with Crippen molar-refractivity contribution in [3.05, 3.63) is 77.1 Å². The maximum Gasteiger partial charge on any atom is 0.255 e. The third kappa shape index (κ3) is 3.90. The number of anilines is 1. The number of halogens is 2. The highest BCUT2D eigenvalue weighted by Crippen LogP contribution is 2.38. The Hall–Kier alpha value is -3.28. The van der Waals surface area contributed by atoms with Gasteiger partial charge in [-0.1, -0.05) is 18.2 Å². The normalized spacial score (nSPS) is 14.6. The predicted octanol–water partition coefficient (Wildman–Crippen LogP) is 5.69. The first-order valence-corrected chi connectivity index (χ1v) is 9.77. The van der Waals surface area contributed by atoms with Gasteiger partial charge in [0.05, 0.1) is 12.4 Å². The van der Waals surface area contributed by atoms with E-state index in [1.54, 1.807) is 12.1 Å². The average molecular weight is 408 g/mol. The van der Waals surface area contributed by atoms with E-state index in [2.05, 4.69) is 30.2 Å². The second-order valence-corrected chi connectivity index (χ2v) is 8.15. The standard InChI is InChI=1S/C24H22F2N2O2/c1-14-10-17-8-9-24(2,3)30-21(17)11-18(14)15-4-6-16(7-5-15)23(29)28-22-19(25)12-27-13-20(22)26/h4-7,10-13H,8-9H2,1-3H3,(H,27,28,29). The summed E-state index contributed by atoms with van der Waals surface area (Å²) in [5, 5.41) is 2.27. The number of aryl methyl sites for hydroxylation is 2. The summed E-state index contributed by atoms with van der Waals surface area (Å²) >= 11 is 0. The first-order valence-electron chi connectivity index (χ1n) is 9.77. The summed E-state index contributed by atoms with van der Waals surface area (Å²) in [5.74, 6) is -1.56. The van der Waals surface area contributed by atoms with Gasteiger partial charge in [-0.15, -0.1) is 0 Å². The second kappa shape index (κ2) is 7.52. The number of carbonyl (C=O) groups is 1. The molecule has 0 aliphatic carbocycles. The minimum Gasteiger partial charge on any atom is -0.488 e. The van der Waals surface area contributed by atoms with Gasteiger partial charge in [-0.25, -0.2) is 8.78 Å². The lowest BCUT2D eigenvalue weighted by Gasteiger charge is -2.33. The number of nitrogens with zero attached hydrogens (tertiary/aromatic N) is 1. The highest BCUT2D eigenvalue weighted by molar-refractivity contribution is 6.04. The monoisotopic (exact) mass is 408 g/mol. The van der Waals surface area contributed by atoms with Crippen molar-refractivity contribution in [1.82, 2.24) is 4.98 Å². The van der Waals surface area contributed by atoms with Gasteiger partial charge in [0.1, 0.15) is 17.0 Å². The van der Waals surface area contributed by atoms with E-state index in [-0.39, 0.29) is 5.60 Å². The molecule has 1 aromatic heterocycles. The molecule has 1 aliphatic rings. The quantitative estimate of drug-likeness (QED) is 0.606. The molecule has 4 nitrogen and oxygen atoms in total. The highest BCUT2D eigenvalue weighted by atomic mass is 19.1. The van der Waals surface area contributed by atoms with Crippen LogP contribution in [0.1, 0.15) is 41.8 Å². The summed E-state index contributed by atoms with van der Waals surface area (Å²) in [4.78, 5) is 15.8. The Balaban J connectivity index is 1.59. The molecule has 154 valence electrons. The number of hydrogen-bond donors (Lipinski definition) is 1. The Bertz CT molecular complexity index is 1100. The lowest BCUT2D eigenvalue weighted by Crippen LogP contribution is -2.32. The summed E-state index contributed by atoms with van der Waals surface area (Å²) in [6.45, 7) is 6.21. The summed E-state index contributed by atoms with van der Waals surface area (Å²) in [5.41, 5.74) is 3.86. The number of carbonyl (C=O) groups excluding carboxylic acids is 1. The van der Waals surface area contributed by atoms with E-state index >= 15 is 0 Å². The Morgan fingerprint density at radius 2 is 1.77 bits per heavy atom. The second-order valence-electron chi connectivity index (χ2n) is 8.15. The third-order valence-electron chi connectivity index (χ3n) is 5.34. The topological polar surface area (TPSA) is 51.2 Å². The fraction of sp³-hybridized carbons (Fsp3) is 0.250. The van der Waals surface area contributed by atoms with Gasteiger partial charge in [0, 0.05) is 5.56 Å². The summed E-state index contributed by atoms with van der Waals surface area (Å²) in [7, 11) is 0. The van der Waals surface area contributed by atoms with Crippen molar-refractivity contribution in [2.24, 2.45) is 0 Å². The van der Waals surface area contributed by atoms with Crippen LogP contribution in [0.25, 0.3) is 11.1 Å². The van der Waals surface area contributed by atoms with Crippen LogP contribution < -0.4 is 10.1 Å². The molecule has 6 heteroatoms. The summed E-state index contributed by atoms with van der Waals surface area (Å²) in [6, 6.07) is 11.1. The minimum absolute atomic E-state index is 0.195. The van der Waals surface area contributed by atoms with Gasteiger partial charge in [0.2, 0.25) is 0 Å². The van der Waals surface area contributed by atoms with Crippen molar-refractivity contribution in [1.29, 1.82) is 0 Å². The fourth-order valence-electron chi connectivity index (χ4n) is 3.65. The fourth-order valence-corrected chi connectivity index (χ4v) is 3.65. The van der Waals surface area contributed by atoms with Crippen LogP contribution in [0, 0.1) is 18.6 Å². The van der Waals surface area contributed by atoms with Crippen molar-refractivity contribution in [3.8, 4) is 16.9 Å². The summed E-state index contributed by atoms with van der Waals surface area (Å²) < 4.78 is 33.6. The van der Waals surface area contributed by atoms with Gasteiger partial charge in [-0.3, -0.25) is 9.78 Å². The van der Waals surface area contributed by atoms with Crippen molar-refractivity contribution < 1.29 is 18.3 Å². The number of rotatable bonds is 3. The average Bonchev–Trinajstić information content (AvgIpc) is 2.70. The van der Waals surface area contributed by atoms with E-state index in [0.717, 1.165) is 47.7 Å². The number of fused-ring (bicyclic) bond motifs is 1. The van der Waals surface area contributed by atoms with E-state index in [1.165, 1.54) is 5.56 Å². The van der Waals surface area contributed by atoms with Crippen LogP contribution in [-0.2, 0) is 6.42 Å². The SMILES string of the molecule is Cc1cc2c(cc1-c1ccc(C(=O)Nc3c(F)cncc3F)cc1)OC(C)(C)CC2. The molecule has 0 unspecified atom stereocenters. The molecule has 0 atom stereocenters. The van der Waals surface area contributed by atoms with Crippen LogP contribution in [0.4, 0.5) is 14.5 Å². The molecule has 0 spiro atoms. The zero-order chi connectivity index (χ0) is 21.5. The van der Waals surface area contributed by atoms with Crippen molar-refractivity contribution in [3.63, 3.8) is 0 Å². The number of ether oxygens (including phenoxy) is 1. The smallest absolute Gasteiger partial charge is 0.255 e. The van der Waals surface area contributed by atoms with Gasteiger partial charge in [-0.2, -0.15) is 0 Å². The molecule has 0 saturated carbocycles. The Labute approximate surface area is 173 Å². The van der Waals surface area contributed by atoms with Crippen LogP contribution >= 0.6 is 0 Å². The molecule has 4 rings (SSSR count). The lowest BCUT2D eigenvalue weighted by molar-refractivity contribution is 0.0847. The Morgan fingerprint density at radius 1 is 1.10 bits per heavy atom. The van der Waals surface area contributed by atoms with E-state index in [9.17, 15) is 13.6 Å². The van der Waals surface area contributed by atoms with Crippen LogP contribution in [-0.4, -0.2) is 16.5 Å². The molecule has 1 amide bonds. The van der Waals surface area contributed by atoms with Gasteiger partial charge < -0.3 is 10.1 Å². The maximum absolute atomic E-state index is 13.7. The minimum atomic E-state index is -0.924. The molecule has 0 radical (unpaired) electrons. The maximum atomic E-state index is 13.7. The van der Waals surface area contributed by atoms with Gasteiger partial charge in [-0.05, 0) is 74.1 Å². The van der Waals surface area contributed by atoms with Crippen LogP contribution in [0.3, 0.4) is 0 Å². The number of aromatic nitrogens is 1. The molecule has 0 fully saturated rings. The predicted molar refractivity (Wildman–Crippen MR) is 112 cm³/mol. The van der Waals surface area contributed by atoms with E-state index < -0.39 is 23.2 Å². The molecule has 1 aliphatic heterocycles. The number of hydrogen-bond acceptors (Lipinski definition) is 3. The largest absolute Gasteiger partial charge is 0.488 e. The number of pyridine rings is 1. The van der Waals surface area contributed by atoms with E-state index in [4.69, 9.17) is 4.74 Å².